The van der Waals surface area contributed by atoms with Crippen LogP contribution in [0.4, 0.5) is 4.79 Å². The number of urea groups is 1. The number of hydrogen-bond acceptors (Lipinski definition) is 5. The standard InChI is InChI=1S/C23H24N4O5/c1-32-18-9-8-17-13-27(22(30)19(17)12-18)14-24-23(31)25-20(28)15-4-6-16(7-5-15)21(29)26-10-2-3-11-26/h4-9,12H,2-3,10-11,13-14H2,1H3,(H2,24,25,28,31). The highest BCUT2D eigenvalue weighted by molar-refractivity contribution is 6.05. The number of nitrogens with one attached hydrogen (secondary N) is 2. The maximum atomic E-state index is 12.5. The molecule has 4 rings (SSSR count). The van der Waals surface area contributed by atoms with Crippen LogP contribution in [0.5, 0.6) is 5.75 Å². The van der Waals surface area contributed by atoms with Gasteiger partial charge in [0, 0.05) is 36.3 Å². The summed E-state index contributed by atoms with van der Waals surface area (Å²) in [6.07, 6.45) is 2.01. The van der Waals surface area contributed by atoms with Crippen molar-refractivity contribution in [3.63, 3.8) is 0 Å². The maximum absolute atomic E-state index is 12.5. The van der Waals surface area contributed by atoms with E-state index in [1.807, 2.05) is 6.07 Å². The van der Waals surface area contributed by atoms with Crippen molar-refractivity contribution >= 4 is 23.8 Å². The van der Waals surface area contributed by atoms with Gasteiger partial charge in [-0.15, -0.1) is 0 Å². The highest BCUT2D eigenvalue weighted by Crippen LogP contribution is 2.26. The number of hydrogen-bond donors (Lipinski definition) is 2. The van der Waals surface area contributed by atoms with Crippen LogP contribution in [0.3, 0.4) is 0 Å². The Morgan fingerprint density at radius 3 is 2.38 bits per heavy atom. The molecule has 0 aliphatic carbocycles. The number of likely N-dealkylation sites (tertiary alicyclic amines) is 1. The highest BCUT2D eigenvalue weighted by atomic mass is 16.5. The van der Waals surface area contributed by atoms with Crippen molar-refractivity contribution in [2.24, 2.45) is 0 Å². The summed E-state index contributed by atoms with van der Waals surface area (Å²) in [5.74, 6) is -0.281. The van der Waals surface area contributed by atoms with Crippen LogP contribution >= 0.6 is 0 Å². The lowest BCUT2D eigenvalue weighted by atomic mass is 10.1. The molecule has 0 aromatic heterocycles. The Labute approximate surface area is 185 Å². The van der Waals surface area contributed by atoms with E-state index in [0.29, 0.717) is 23.4 Å². The molecular weight excluding hydrogens is 412 g/mol. The van der Waals surface area contributed by atoms with Gasteiger partial charge >= 0.3 is 6.03 Å². The topological polar surface area (TPSA) is 108 Å². The van der Waals surface area contributed by atoms with Crippen molar-refractivity contribution < 1.29 is 23.9 Å². The van der Waals surface area contributed by atoms with E-state index in [-0.39, 0.29) is 24.0 Å². The molecule has 2 aromatic carbocycles. The van der Waals surface area contributed by atoms with Crippen molar-refractivity contribution in [1.82, 2.24) is 20.4 Å². The minimum atomic E-state index is -0.714. The third-order valence-corrected chi connectivity index (χ3v) is 5.64. The molecule has 2 N–H and O–H groups in total. The van der Waals surface area contributed by atoms with Crippen LogP contribution in [-0.4, -0.2) is 60.4 Å². The summed E-state index contributed by atoms with van der Waals surface area (Å²) in [7, 11) is 1.53. The van der Waals surface area contributed by atoms with Gasteiger partial charge in [-0.05, 0) is 54.8 Å². The van der Waals surface area contributed by atoms with Crippen molar-refractivity contribution in [1.29, 1.82) is 0 Å². The fourth-order valence-electron chi connectivity index (χ4n) is 3.85. The summed E-state index contributed by atoms with van der Waals surface area (Å²) in [4.78, 5) is 52.6. The molecule has 5 amide bonds. The third kappa shape index (κ3) is 4.41. The second-order valence-corrected chi connectivity index (χ2v) is 7.72. The van der Waals surface area contributed by atoms with Gasteiger partial charge in [0.1, 0.15) is 5.75 Å². The van der Waals surface area contributed by atoms with E-state index in [4.69, 9.17) is 4.74 Å². The molecule has 2 aliphatic heterocycles. The number of nitrogens with zero attached hydrogens (tertiary/aromatic N) is 2. The van der Waals surface area contributed by atoms with Crippen molar-refractivity contribution in [2.45, 2.75) is 19.4 Å². The van der Waals surface area contributed by atoms with E-state index in [9.17, 15) is 19.2 Å². The Morgan fingerprint density at radius 2 is 1.69 bits per heavy atom. The predicted molar refractivity (Wildman–Crippen MR) is 115 cm³/mol. The lowest BCUT2D eigenvalue weighted by Gasteiger charge is -2.16. The van der Waals surface area contributed by atoms with Gasteiger partial charge in [-0.3, -0.25) is 19.7 Å². The van der Waals surface area contributed by atoms with E-state index in [0.717, 1.165) is 31.5 Å². The molecule has 2 aliphatic rings. The van der Waals surface area contributed by atoms with Crippen LogP contribution in [0.15, 0.2) is 42.5 Å². The van der Waals surface area contributed by atoms with E-state index in [1.54, 1.807) is 29.2 Å². The largest absolute Gasteiger partial charge is 0.497 e. The molecule has 32 heavy (non-hydrogen) atoms. The zero-order chi connectivity index (χ0) is 22.7. The van der Waals surface area contributed by atoms with Gasteiger partial charge in [-0.2, -0.15) is 0 Å². The number of carbonyl (C=O) groups is 4. The molecule has 2 heterocycles. The fraction of sp³-hybridized carbons (Fsp3) is 0.304. The average Bonchev–Trinajstić information content (AvgIpc) is 3.45. The summed E-state index contributed by atoms with van der Waals surface area (Å²) in [6, 6.07) is 10.7. The smallest absolute Gasteiger partial charge is 0.323 e. The van der Waals surface area contributed by atoms with Crippen molar-refractivity contribution in [2.75, 3.05) is 26.9 Å². The zero-order valence-electron chi connectivity index (χ0n) is 17.7. The van der Waals surface area contributed by atoms with Gasteiger partial charge < -0.3 is 19.9 Å². The number of carbonyl (C=O) groups excluding carboxylic acids is 4. The molecule has 1 saturated heterocycles. The Bertz CT molecular complexity index is 1060. The van der Waals surface area contributed by atoms with Gasteiger partial charge in [0.15, 0.2) is 0 Å². The number of methoxy groups -OCH3 is 1. The third-order valence-electron chi connectivity index (χ3n) is 5.64. The normalized spacial score (nSPS) is 14.8. The second-order valence-electron chi connectivity index (χ2n) is 7.72. The van der Waals surface area contributed by atoms with Gasteiger partial charge in [-0.25, -0.2) is 4.79 Å². The molecule has 2 aromatic rings. The quantitative estimate of drug-likeness (QED) is 0.745. The summed E-state index contributed by atoms with van der Waals surface area (Å²) in [5, 5.41) is 4.76. The van der Waals surface area contributed by atoms with Crippen molar-refractivity contribution in [3.8, 4) is 5.75 Å². The van der Waals surface area contributed by atoms with Crippen LogP contribution < -0.4 is 15.4 Å². The summed E-state index contributed by atoms with van der Waals surface area (Å²) in [6.45, 7) is 1.82. The summed E-state index contributed by atoms with van der Waals surface area (Å²) >= 11 is 0. The minimum absolute atomic E-state index is 0.0434. The SMILES string of the molecule is COc1ccc2c(c1)C(=O)N(CNC(=O)NC(=O)c1ccc(C(=O)N3CCCC3)cc1)C2. The molecule has 1 fully saturated rings. The molecule has 0 bridgehead atoms. The summed E-state index contributed by atoms with van der Waals surface area (Å²) < 4.78 is 5.14. The summed E-state index contributed by atoms with van der Waals surface area (Å²) in [5.41, 5.74) is 2.15. The molecule has 0 radical (unpaired) electrons. The van der Waals surface area contributed by atoms with Gasteiger partial charge in [0.25, 0.3) is 17.7 Å². The number of amides is 5. The molecule has 0 saturated carbocycles. The lowest BCUT2D eigenvalue weighted by Crippen LogP contribution is -2.44. The first-order valence-electron chi connectivity index (χ1n) is 10.4. The second kappa shape index (κ2) is 9.09. The monoisotopic (exact) mass is 436 g/mol. The van der Waals surface area contributed by atoms with Crippen LogP contribution in [0.1, 0.15) is 49.5 Å². The molecule has 0 unspecified atom stereocenters. The molecule has 0 atom stereocenters. The highest BCUT2D eigenvalue weighted by Gasteiger charge is 2.28. The number of benzene rings is 2. The number of fused-ring (bicyclic) bond motifs is 1. The Hall–Kier alpha value is -3.88. The van der Waals surface area contributed by atoms with Gasteiger partial charge in [0.2, 0.25) is 0 Å². The number of ether oxygens (including phenoxy) is 1. The Morgan fingerprint density at radius 1 is 1.00 bits per heavy atom. The molecule has 166 valence electrons. The van der Waals surface area contributed by atoms with Crippen LogP contribution in [0.25, 0.3) is 0 Å². The van der Waals surface area contributed by atoms with Crippen molar-refractivity contribution in [3.05, 3.63) is 64.7 Å². The Kier molecular flexibility index (Phi) is 6.07. The first-order chi connectivity index (χ1) is 15.5. The van der Waals surface area contributed by atoms with Crippen LogP contribution in [0, 0.1) is 0 Å². The average molecular weight is 436 g/mol. The van der Waals surface area contributed by atoms with E-state index in [2.05, 4.69) is 10.6 Å². The molecule has 0 spiro atoms. The minimum Gasteiger partial charge on any atom is -0.497 e. The van der Waals surface area contributed by atoms with Gasteiger partial charge in [-0.1, -0.05) is 6.07 Å². The van der Waals surface area contributed by atoms with E-state index in [1.165, 1.54) is 24.1 Å². The van der Waals surface area contributed by atoms with Crippen LogP contribution in [0.2, 0.25) is 0 Å². The van der Waals surface area contributed by atoms with E-state index < -0.39 is 11.9 Å². The maximum Gasteiger partial charge on any atom is 0.323 e. The number of rotatable bonds is 5. The molecule has 9 nitrogen and oxygen atoms in total. The first kappa shape index (κ1) is 21.4. The number of imide groups is 1. The van der Waals surface area contributed by atoms with Gasteiger partial charge in [0.05, 0.1) is 13.8 Å². The predicted octanol–water partition coefficient (Wildman–Crippen LogP) is 1.98. The molecular formula is C23H24N4O5. The zero-order valence-corrected chi connectivity index (χ0v) is 17.7. The lowest BCUT2D eigenvalue weighted by molar-refractivity contribution is 0.0767. The Balaban J connectivity index is 1.28. The van der Waals surface area contributed by atoms with Crippen LogP contribution in [-0.2, 0) is 6.54 Å². The fourth-order valence-corrected chi connectivity index (χ4v) is 3.85. The van der Waals surface area contributed by atoms with E-state index >= 15 is 0 Å². The molecule has 9 heteroatoms. The first-order valence-corrected chi connectivity index (χ1v) is 10.4.